The molecule has 2 fully saturated rings. The molecule has 0 aliphatic carbocycles. The van der Waals surface area contributed by atoms with Crippen LogP contribution in [0, 0.1) is 0 Å². The molecule has 0 spiro atoms. The van der Waals surface area contributed by atoms with E-state index < -0.39 is 0 Å². The first-order valence-electron chi connectivity index (χ1n) is 8.82. The van der Waals surface area contributed by atoms with Crippen LogP contribution in [-0.4, -0.2) is 39.5 Å². The van der Waals surface area contributed by atoms with Gasteiger partial charge in [-0.1, -0.05) is 24.3 Å². The fourth-order valence-electron chi connectivity index (χ4n) is 3.38. The van der Waals surface area contributed by atoms with Crippen LogP contribution >= 0.6 is 0 Å². The quantitative estimate of drug-likeness (QED) is 0.877. The summed E-state index contributed by atoms with van der Waals surface area (Å²) in [5.41, 5.74) is 2.17. The number of benzene rings is 2. The normalized spacial score (nSPS) is 28.2. The fraction of sp³-hybridized carbons (Fsp3) is 0.400. The second-order valence-corrected chi connectivity index (χ2v) is 6.47. The Morgan fingerprint density at radius 1 is 0.692 bits per heavy atom. The van der Waals surface area contributed by atoms with Gasteiger partial charge in [-0.15, -0.1) is 0 Å². The molecule has 0 amide bonds. The van der Waals surface area contributed by atoms with Gasteiger partial charge in [0, 0.05) is 13.1 Å². The molecule has 6 heteroatoms. The van der Waals surface area contributed by atoms with Gasteiger partial charge in [-0.3, -0.25) is 10.6 Å². The molecule has 0 radical (unpaired) electrons. The highest BCUT2D eigenvalue weighted by atomic mass is 16.6. The van der Waals surface area contributed by atoms with E-state index in [1.54, 1.807) is 14.2 Å². The van der Waals surface area contributed by atoms with Gasteiger partial charge in [0.25, 0.3) is 0 Å². The Balaban J connectivity index is 1.38. The Labute approximate surface area is 153 Å². The summed E-state index contributed by atoms with van der Waals surface area (Å²) in [5, 5.41) is 6.85. The smallest absolute Gasteiger partial charge is 0.134 e. The summed E-state index contributed by atoms with van der Waals surface area (Å²) in [6.45, 7) is 1.49. The summed E-state index contributed by atoms with van der Waals surface area (Å²) in [5.74, 6) is 1.68. The molecule has 0 bridgehead atoms. The van der Waals surface area contributed by atoms with E-state index in [2.05, 4.69) is 10.6 Å². The molecule has 26 heavy (non-hydrogen) atoms. The lowest BCUT2D eigenvalue weighted by molar-refractivity contribution is -0.194. The Kier molecular flexibility index (Phi) is 5.08. The van der Waals surface area contributed by atoms with E-state index in [0.717, 1.165) is 35.7 Å². The van der Waals surface area contributed by atoms with Gasteiger partial charge in [0.2, 0.25) is 0 Å². The number of methoxy groups -OCH3 is 2. The number of rotatable bonds is 4. The summed E-state index contributed by atoms with van der Waals surface area (Å²) >= 11 is 0. The number of hydrogen-bond acceptors (Lipinski definition) is 6. The van der Waals surface area contributed by atoms with Crippen LogP contribution < -0.4 is 20.1 Å². The van der Waals surface area contributed by atoms with Crippen molar-refractivity contribution < 1.29 is 18.9 Å². The zero-order chi connectivity index (χ0) is 17.9. The van der Waals surface area contributed by atoms with E-state index >= 15 is 0 Å². The average molecular weight is 356 g/mol. The molecule has 2 aromatic carbocycles. The van der Waals surface area contributed by atoms with Gasteiger partial charge in [0.15, 0.2) is 0 Å². The molecule has 0 aromatic heterocycles. The minimum Gasteiger partial charge on any atom is -0.497 e. The van der Waals surface area contributed by atoms with E-state index in [9.17, 15) is 0 Å². The standard InChI is InChI=1S/C20H24N2O4/c1-23-15-7-3-13(4-8-15)19-21-11-18-17(25-19)12-22-20(26-18)14-5-9-16(24-2)10-6-14/h3-10,17-22H,11-12H2,1-2H3/t17-,18-,19+,20+/m0/s1. The highest BCUT2D eigenvalue weighted by molar-refractivity contribution is 5.29. The number of hydrogen-bond donors (Lipinski definition) is 2. The number of nitrogens with one attached hydrogen (secondary N) is 2. The Hall–Kier alpha value is -2.12. The molecule has 2 saturated heterocycles. The number of ether oxygens (including phenoxy) is 4. The third-order valence-corrected chi connectivity index (χ3v) is 4.88. The molecule has 0 saturated carbocycles. The van der Waals surface area contributed by atoms with Crippen molar-refractivity contribution in [2.45, 2.75) is 24.7 Å². The van der Waals surface area contributed by atoms with Crippen molar-refractivity contribution in [2.24, 2.45) is 0 Å². The fourth-order valence-corrected chi connectivity index (χ4v) is 3.38. The molecular formula is C20H24N2O4. The molecule has 2 aliphatic heterocycles. The minimum absolute atomic E-state index is 0.0119. The second kappa shape index (κ2) is 7.63. The molecule has 2 aliphatic rings. The zero-order valence-electron chi connectivity index (χ0n) is 15.0. The second-order valence-electron chi connectivity index (χ2n) is 6.47. The first-order chi connectivity index (χ1) is 12.8. The lowest BCUT2D eigenvalue weighted by Crippen LogP contribution is -2.57. The molecule has 2 heterocycles. The lowest BCUT2D eigenvalue weighted by Gasteiger charge is -2.43. The van der Waals surface area contributed by atoms with E-state index in [1.807, 2.05) is 48.5 Å². The molecule has 0 unspecified atom stereocenters. The molecule has 2 N–H and O–H groups in total. The topological polar surface area (TPSA) is 61.0 Å². The van der Waals surface area contributed by atoms with Crippen LogP contribution in [0.1, 0.15) is 23.6 Å². The zero-order valence-corrected chi connectivity index (χ0v) is 15.0. The van der Waals surface area contributed by atoms with E-state index in [-0.39, 0.29) is 24.7 Å². The molecule has 138 valence electrons. The van der Waals surface area contributed by atoms with E-state index in [0.29, 0.717) is 0 Å². The first-order valence-corrected chi connectivity index (χ1v) is 8.82. The molecular weight excluding hydrogens is 332 g/mol. The van der Waals surface area contributed by atoms with Crippen molar-refractivity contribution in [1.29, 1.82) is 0 Å². The van der Waals surface area contributed by atoms with Crippen LogP contribution in [0.5, 0.6) is 11.5 Å². The third kappa shape index (κ3) is 3.54. The maximum Gasteiger partial charge on any atom is 0.134 e. The van der Waals surface area contributed by atoms with Crippen LogP contribution in [0.2, 0.25) is 0 Å². The Morgan fingerprint density at radius 3 is 1.42 bits per heavy atom. The maximum absolute atomic E-state index is 6.21. The maximum atomic E-state index is 6.21. The van der Waals surface area contributed by atoms with Crippen LogP contribution in [-0.2, 0) is 9.47 Å². The van der Waals surface area contributed by atoms with Gasteiger partial charge in [0.1, 0.15) is 24.0 Å². The highest BCUT2D eigenvalue weighted by Crippen LogP contribution is 2.30. The highest BCUT2D eigenvalue weighted by Gasteiger charge is 2.37. The number of fused-ring (bicyclic) bond motifs is 1. The summed E-state index contributed by atoms with van der Waals surface area (Å²) in [6, 6.07) is 15.9. The lowest BCUT2D eigenvalue weighted by atomic mass is 10.1. The van der Waals surface area contributed by atoms with Crippen molar-refractivity contribution in [3.63, 3.8) is 0 Å². The molecule has 2 aromatic rings. The van der Waals surface area contributed by atoms with Gasteiger partial charge in [-0.05, 0) is 35.4 Å². The summed E-state index contributed by atoms with van der Waals surface area (Å²) in [6.07, 6.45) is -0.245. The molecule has 4 rings (SSSR count). The van der Waals surface area contributed by atoms with Crippen molar-refractivity contribution >= 4 is 0 Å². The molecule has 4 atom stereocenters. The van der Waals surface area contributed by atoms with Gasteiger partial charge in [-0.2, -0.15) is 0 Å². The summed E-state index contributed by atoms with van der Waals surface area (Å²) < 4.78 is 22.8. The molecule has 6 nitrogen and oxygen atoms in total. The Morgan fingerprint density at radius 2 is 1.08 bits per heavy atom. The SMILES string of the molecule is COc1ccc([C@@H]2NC[C@@H]3O[C@H](c4ccc(OC)cc4)NC[C@@H]3O2)cc1. The van der Waals surface area contributed by atoms with Crippen LogP contribution in [0.3, 0.4) is 0 Å². The summed E-state index contributed by atoms with van der Waals surface area (Å²) in [7, 11) is 3.33. The summed E-state index contributed by atoms with van der Waals surface area (Å²) in [4.78, 5) is 0. The van der Waals surface area contributed by atoms with Crippen LogP contribution in [0.15, 0.2) is 48.5 Å². The Bertz CT molecular complexity index is 656. The van der Waals surface area contributed by atoms with Gasteiger partial charge in [-0.25, -0.2) is 0 Å². The van der Waals surface area contributed by atoms with Crippen LogP contribution in [0.4, 0.5) is 0 Å². The van der Waals surface area contributed by atoms with Gasteiger partial charge >= 0.3 is 0 Å². The van der Waals surface area contributed by atoms with E-state index in [4.69, 9.17) is 18.9 Å². The van der Waals surface area contributed by atoms with Crippen LogP contribution in [0.25, 0.3) is 0 Å². The largest absolute Gasteiger partial charge is 0.497 e. The first kappa shape index (κ1) is 17.3. The van der Waals surface area contributed by atoms with Gasteiger partial charge < -0.3 is 18.9 Å². The van der Waals surface area contributed by atoms with E-state index in [1.165, 1.54) is 0 Å². The third-order valence-electron chi connectivity index (χ3n) is 4.88. The minimum atomic E-state index is -0.134. The average Bonchev–Trinajstić information content (AvgIpc) is 2.73. The van der Waals surface area contributed by atoms with Gasteiger partial charge in [0.05, 0.1) is 26.4 Å². The van der Waals surface area contributed by atoms with Crippen molar-refractivity contribution in [3.8, 4) is 11.5 Å². The monoisotopic (exact) mass is 356 g/mol. The van der Waals surface area contributed by atoms with Crippen molar-refractivity contribution in [2.75, 3.05) is 27.3 Å². The predicted octanol–water partition coefficient (Wildman–Crippen LogP) is 2.38. The predicted molar refractivity (Wildman–Crippen MR) is 97.2 cm³/mol. The van der Waals surface area contributed by atoms with Crippen molar-refractivity contribution in [3.05, 3.63) is 59.7 Å². The van der Waals surface area contributed by atoms with Crippen molar-refractivity contribution in [1.82, 2.24) is 10.6 Å².